The summed E-state index contributed by atoms with van der Waals surface area (Å²) in [5.74, 6) is -1.14. The topological polar surface area (TPSA) is 40.7 Å². The largest absolute Gasteiger partial charge is 0.391 e. The van der Waals surface area contributed by atoms with Gasteiger partial charge < -0.3 is 5.32 Å². The SMILES string of the molecule is FC(F)(F)C1CCCC(NCc2cn[nH]c2)C1. The Morgan fingerprint density at radius 2 is 2.24 bits per heavy atom. The van der Waals surface area contributed by atoms with Crippen LogP contribution in [0.4, 0.5) is 13.2 Å². The molecule has 1 saturated carbocycles. The summed E-state index contributed by atoms with van der Waals surface area (Å²) < 4.78 is 37.8. The lowest BCUT2D eigenvalue weighted by molar-refractivity contribution is -0.183. The first-order valence-electron chi connectivity index (χ1n) is 5.83. The van der Waals surface area contributed by atoms with Crippen LogP contribution in [0, 0.1) is 5.92 Å². The number of halogens is 3. The minimum atomic E-state index is -4.05. The fraction of sp³-hybridized carbons (Fsp3) is 0.727. The highest BCUT2D eigenvalue weighted by Crippen LogP contribution is 2.37. The average molecular weight is 247 g/mol. The van der Waals surface area contributed by atoms with Gasteiger partial charge in [0.05, 0.1) is 12.1 Å². The molecule has 1 fully saturated rings. The summed E-state index contributed by atoms with van der Waals surface area (Å²) in [4.78, 5) is 0. The van der Waals surface area contributed by atoms with E-state index in [1.807, 2.05) is 0 Å². The fourth-order valence-electron chi connectivity index (χ4n) is 2.31. The molecule has 1 heterocycles. The molecular weight excluding hydrogens is 231 g/mol. The van der Waals surface area contributed by atoms with Crippen molar-refractivity contribution < 1.29 is 13.2 Å². The van der Waals surface area contributed by atoms with Crippen LogP contribution in [0.2, 0.25) is 0 Å². The number of nitrogens with zero attached hydrogens (tertiary/aromatic N) is 1. The molecule has 0 radical (unpaired) electrons. The molecule has 0 aromatic carbocycles. The Bertz CT molecular complexity index is 334. The third kappa shape index (κ3) is 3.46. The monoisotopic (exact) mass is 247 g/mol. The first-order valence-corrected chi connectivity index (χ1v) is 5.83. The molecule has 0 spiro atoms. The molecule has 0 saturated heterocycles. The van der Waals surface area contributed by atoms with E-state index in [9.17, 15) is 13.2 Å². The van der Waals surface area contributed by atoms with Crippen LogP contribution >= 0.6 is 0 Å². The second-order valence-electron chi connectivity index (χ2n) is 4.59. The Labute approximate surface area is 97.8 Å². The van der Waals surface area contributed by atoms with Crippen molar-refractivity contribution in [3.63, 3.8) is 0 Å². The molecule has 0 amide bonds. The molecule has 0 aliphatic heterocycles. The van der Waals surface area contributed by atoms with Gasteiger partial charge in [0, 0.05) is 24.3 Å². The summed E-state index contributed by atoms with van der Waals surface area (Å²) in [6, 6.07) is -0.0368. The summed E-state index contributed by atoms with van der Waals surface area (Å²) in [5, 5.41) is 9.64. The van der Waals surface area contributed by atoms with E-state index in [1.165, 1.54) is 0 Å². The lowest BCUT2D eigenvalue weighted by Gasteiger charge is -2.31. The van der Waals surface area contributed by atoms with E-state index in [0.29, 0.717) is 13.0 Å². The van der Waals surface area contributed by atoms with Gasteiger partial charge in [-0.05, 0) is 19.3 Å². The molecule has 1 aromatic rings. The summed E-state index contributed by atoms with van der Waals surface area (Å²) >= 11 is 0. The van der Waals surface area contributed by atoms with Crippen molar-refractivity contribution in [2.24, 2.45) is 5.92 Å². The minimum absolute atomic E-state index is 0.0368. The van der Waals surface area contributed by atoms with Crippen LogP contribution in [-0.4, -0.2) is 22.4 Å². The number of rotatable bonds is 3. The van der Waals surface area contributed by atoms with E-state index in [4.69, 9.17) is 0 Å². The molecule has 2 N–H and O–H groups in total. The van der Waals surface area contributed by atoms with E-state index in [0.717, 1.165) is 12.0 Å². The maximum absolute atomic E-state index is 12.6. The first-order chi connectivity index (χ1) is 8.05. The lowest BCUT2D eigenvalue weighted by atomic mass is 9.85. The predicted molar refractivity (Wildman–Crippen MR) is 57.2 cm³/mol. The zero-order valence-corrected chi connectivity index (χ0v) is 9.43. The third-order valence-electron chi connectivity index (χ3n) is 3.29. The number of H-pyrrole nitrogens is 1. The molecule has 2 rings (SSSR count). The molecule has 1 aliphatic rings. The standard InChI is InChI=1S/C11H16F3N3/c12-11(13,14)9-2-1-3-10(4-9)15-5-8-6-16-17-7-8/h6-7,9-10,15H,1-5H2,(H,16,17). The Morgan fingerprint density at radius 3 is 2.88 bits per heavy atom. The van der Waals surface area contributed by atoms with E-state index in [2.05, 4.69) is 15.5 Å². The zero-order chi connectivity index (χ0) is 12.3. The number of hydrogen-bond acceptors (Lipinski definition) is 2. The van der Waals surface area contributed by atoms with Crippen molar-refractivity contribution in [1.29, 1.82) is 0 Å². The normalized spacial score (nSPS) is 26.1. The van der Waals surface area contributed by atoms with Crippen LogP contribution in [0.1, 0.15) is 31.2 Å². The van der Waals surface area contributed by atoms with E-state index in [1.54, 1.807) is 12.4 Å². The second kappa shape index (κ2) is 5.08. The Kier molecular flexibility index (Phi) is 3.71. The van der Waals surface area contributed by atoms with Crippen molar-refractivity contribution in [1.82, 2.24) is 15.5 Å². The fourth-order valence-corrected chi connectivity index (χ4v) is 2.31. The number of nitrogens with one attached hydrogen (secondary N) is 2. The van der Waals surface area contributed by atoms with Crippen LogP contribution in [0.3, 0.4) is 0 Å². The smallest absolute Gasteiger partial charge is 0.310 e. The zero-order valence-electron chi connectivity index (χ0n) is 9.43. The molecular formula is C11H16F3N3. The summed E-state index contributed by atoms with van der Waals surface area (Å²) in [6.45, 7) is 0.575. The van der Waals surface area contributed by atoms with Gasteiger partial charge in [0.15, 0.2) is 0 Å². The Hall–Kier alpha value is -1.04. The van der Waals surface area contributed by atoms with Gasteiger partial charge in [0.2, 0.25) is 0 Å². The van der Waals surface area contributed by atoms with Crippen molar-refractivity contribution in [3.8, 4) is 0 Å². The number of hydrogen-bond donors (Lipinski definition) is 2. The molecule has 0 bridgehead atoms. The van der Waals surface area contributed by atoms with Gasteiger partial charge >= 0.3 is 6.18 Å². The molecule has 1 aromatic heterocycles. The van der Waals surface area contributed by atoms with Crippen molar-refractivity contribution in [3.05, 3.63) is 18.0 Å². The quantitative estimate of drug-likeness (QED) is 0.862. The Balaban J connectivity index is 1.81. The van der Waals surface area contributed by atoms with E-state index in [-0.39, 0.29) is 18.9 Å². The van der Waals surface area contributed by atoms with Crippen LogP contribution in [-0.2, 0) is 6.54 Å². The van der Waals surface area contributed by atoms with Crippen molar-refractivity contribution >= 4 is 0 Å². The van der Waals surface area contributed by atoms with E-state index < -0.39 is 12.1 Å². The van der Waals surface area contributed by atoms with E-state index >= 15 is 0 Å². The summed E-state index contributed by atoms with van der Waals surface area (Å²) in [7, 11) is 0. The lowest BCUT2D eigenvalue weighted by Crippen LogP contribution is -2.38. The molecule has 2 unspecified atom stereocenters. The average Bonchev–Trinajstić information content (AvgIpc) is 2.78. The van der Waals surface area contributed by atoms with Crippen molar-refractivity contribution in [2.75, 3.05) is 0 Å². The van der Waals surface area contributed by atoms with Crippen LogP contribution < -0.4 is 5.32 Å². The van der Waals surface area contributed by atoms with Crippen LogP contribution in [0.25, 0.3) is 0 Å². The summed E-state index contributed by atoms with van der Waals surface area (Å²) in [6.07, 6.45) is 1.32. The van der Waals surface area contributed by atoms with Crippen molar-refractivity contribution in [2.45, 2.75) is 44.4 Å². The van der Waals surface area contributed by atoms with Gasteiger partial charge in [0.1, 0.15) is 0 Å². The number of alkyl halides is 3. The van der Waals surface area contributed by atoms with Gasteiger partial charge in [-0.25, -0.2) is 0 Å². The number of aromatic nitrogens is 2. The second-order valence-corrected chi connectivity index (χ2v) is 4.59. The van der Waals surface area contributed by atoms with Gasteiger partial charge in [0.25, 0.3) is 0 Å². The van der Waals surface area contributed by atoms with Gasteiger partial charge in [-0.2, -0.15) is 18.3 Å². The maximum atomic E-state index is 12.6. The molecule has 1 aliphatic carbocycles. The van der Waals surface area contributed by atoms with Crippen LogP contribution in [0.5, 0.6) is 0 Å². The van der Waals surface area contributed by atoms with Gasteiger partial charge in [-0.1, -0.05) is 6.42 Å². The molecule has 96 valence electrons. The maximum Gasteiger partial charge on any atom is 0.391 e. The highest BCUT2D eigenvalue weighted by Gasteiger charge is 2.41. The Morgan fingerprint density at radius 1 is 1.41 bits per heavy atom. The minimum Gasteiger partial charge on any atom is -0.310 e. The molecule has 3 nitrogen and oxygen atoms in total. The number of aromatic amines is 1. The van der Waals surface area contributed by atoms with Crippen LogP contribution in [0.15, 0.2) is 12.4 Å². The van der Waals surface area contributed by atoms with Gasteiger partial charge in [-0.3, -0.25) is 5.10 Å². The molecule has 17 heavy (non-hydrogen) atoms. The highest BCUT2D eigenvalue weighted by atomic mass is 19.4. The molecule has 6 heteroatoms. The molecule has 2 atom stereocenters. The third-order valence-corrected chi connectivity index (χ3v) is 3.29. The summed E-state index contributed by atoms with van der Waals surface area (Å²) in [5.41, 5.74) is 0.971. The predicted octanol–water partition coefficient (Wildman–Crippen LogP) is 2.62. The first kappa shape index (κ1) is 12.4. The van der Waals surface area contributed by atoms with Gasteiger partial charge in [-0.15, -0.1) is 0 Å². The highest BCUT2D eigenvalue weighted by molar-refractivity contribution is 5.02.